The first-order valence-corrected chi connectivity index (χ1v) is 17.3. The van der Waals surface area contributed by atoms with Gasteiger partial charge in [0.2, 0.25) is 11.9 Å². The summed E-state index contributed by atoms with van der Waals surface area (Å²) in [4.78, 5) is 47.3. The van der Waals surface area contributed by atoms with Crippen molar-refractivity contribution in [2.24, 2.45) is 0 Å². The molecule has 1 fully saturated rings. The van der Waals surface area contributed by atoms with Gasteiger partial charge in [0.15, 0.2) is 5.52 Å². The summed E-state index contributed by atoms with van der Waals surface area (Å²) in [5.41, 5.74) is 0.671. The smallest absolute Gasteiger partial charge is 0.410 e. The van der Waals surface area contributed by atoms with Crippen LogP contribution in [0.3, 0.4) is 0 Å². The van der Waals surface area contributed by atoms with E-state index in [2.05, 4.69) is 14.5 Å². The predicted molar refractivity (Wildman–Crippen MR) is 180 cm³/mol. The molecule has 4 heterocycles. The molecule has 3 aromatic heterocycles. The molecule has 0 saturated carbocycles. The average molecular weight is 736 g/mol. The third-order valence-electron chi connectivity index (χ3n) is 9.23. The number of aryl methyl sites for hydroxylation is 1. The number of hydrogen-bond acceptors (Lipinski definition) is 9. The van der Waals surface area contributed by atoms with Gasteiger partial charge in [-0.1, -0.05) is 11.6 Å². The number of alkyl halides is 2. The average Bonchev–Trinajstić information content (AvgIpc) is 3.78. The van der Waals surface area contributed by atoms with Crippen LogP contribution in [0.2, 0.25) is 5.02 Å². The van der Waals surface area contributed by atoms with Gasteiger partial charge in [0.1, 0.15) is 17.2 Å². The lowest BCUT2D eigenvalue weighted by atomic mass is 9.91. The zero-order valence-electron chi connectivity index (χ0n) is 27.9. The molecule has 4 aromatic rings. The maximum absolute atomic E-state index is 13.7. The van der Waals surface area contributed by atoms with Gasteiger partial charge >= 0.3 is 6.09 Å². The van der Waals surface area contributed by atoms with Crippen LogP contribution in [-0.4, -0.2) is 88.4 Å². The fourth-order valence-corrected chi connectivity index (χ4v) is 7.72. The molecule has 0 radical (unpaired) electrons. The minimum Gasteiger partial charge on any atom is -0.444 e. The molecule has 1 N–H and O–H groups in total. The highest BCUT2D eigenvalue weighted by Gasteiger charge is 2.37. The van der Waals surface area contributed by atoms with Gasteiger partial charge in [0, 0.05) is 43.0 Å². The zero-order valence-corrected chi connectivity index (χ0v) is 29.5. The van der Waals surface area contributed by atoms with Crippen molar-refractivity contribution in [2.75, 3.05) is 20.1 Å². The van der Waals surface area contributed by atoms with Crippen LogP contribution in [0.4, 0.5) is 18.0 Å². The Balaban J connectivity index is 1.14. The number of ether oxygens (including phenoxy) is 1. The van der Waals surface area contributed by atoms with Crippen molar-refractivity contribution in [3.8, 4) is 10.4 Å². The molecular weight excluding hydrogens is 699 g/mol. The van der Waals surface area contributed by atoms with Gasteiger partial charge in [-0.2, -0.15) is 8.76 Å². The van der Waals surface area contributed by atoms with Gasteiger partial charge in [-0.05, 0) is 81.2 Å². The van der Waals surface area contributed by atoms with Gasteiger partial charge in [0.05, 0.1) is 35.8 Å². The monoisotopic (exact) mass is 735 g/mol. The highest BCUT2D eigenvalue weighted by molar-refractivity contribution is 7.11. The minimum absolute atomic E-state index is 0.0787. The fraction of sp³-hybridized carbons (Fsp3) is 0.515. The zero-order chi connectivity index (χ0) is 36.1. The van der Waals surface area contributed by atoms with Crippen LogP contribution < -0.4 is 5.56 Å². The largest absolute Gasteiger partial charge is 0.444 e. The number of carbonyl (C=O) groups is 2. The molecule has 268 valence electrons. The van der Waals surface area contributed by atoms with E-state index in [0.29, 0.717) is 33.8 Å². The SMILES string of the molecule is CN(C(=O)OC(C)(C)C)C1CCc2cc(-c3snc4c(=O)n(CC5(O)CCN(C(=O)CC(C(F)F)n6ccc(F)n6)CC5)cnc34)c(Cl)cc21. The van der Waals surface area contributed by atoms with Crippen molar-refractivity contribution >= 4 is 46.2 Å². The number of likely N-dealkylation sites (tertiary alicyclic amines) is 1. The Morgan fingerprint density at radius 1 is 1.22 bits per heavy atom. The van der Waals surface area contributed by atoms with E-state index in [9.17, 15) is 32.7 Å². The lowest BCUT2D eigenvalue weighted by molar-refractivity contribution is -0.138. The van der Waals surface area contributed by atoms with Crippen molar-refractivity contribution in [3.63, 3.8) is 0 Å². The number of fused-ring (bicyclic) bond motifs is 2. The summed E-state index contributed by atoms with van der Waals surface area (Å²) in [6.45, 7) is 5.50. The van der Waals surface area contributed by atoms with Crippen LogP contribution in [-0.2, 0) is 22.5 Å². The van der Waals surface area contributed by atoms with E-state index in [4.69, 9.17) is 16.3 Å². The van der Waals surface area contributed by atoms with Crippen molar-refractivity contribution in [3.05, 3.63) is 63.2 Å². The summed E-state index contributed by atoms with van der Waals surface area (Å²) in [7, 11) is 1.71. The number of benzene rings is 1. The molecule has 2 amide bonds. The standard InChI is InChI=1S/C33H37ClF3N7O5S/c1-32(2,3)49-31(47)41(4)22-6-5-18-13-20(21(34)14-19(18)22)28-26-27(40-50-28)30(46)43(17-38-26)16-33(48)8-11-42(12-9-33)25(45)15-23(29(36)37)44-10-7-24(35)39-44/h7,10,13-14,17,22-23,29,48H,5-6,8-9,11-12,15-16H2,1-4H3. The second-order valence-electron chi connectivity index (χ2n) is 13.9. The molecule has 1 saturated heterocycles. The Morgan fingerprint density at radius 2 is 1.94 bits per heavy atom. The lowest BCUT2D eigenvalue weighted by Crippen LogP contribution is -2.50. The first kappa shape index (κ1) is 35.8. The molecule has 1 aliphatic carbocycles. The third kappa shape index (κ3) is 7.23. The first-order chi connectivity index (χ1) is 23.5. The van der Waals surface area contributed by atoms with Gasteiger partial charge in [0.25, 0.3) is 12.0 Å². The molecule has 2 unspecified atom stereocenters. The quantitative estimate of drug-likeness (QED) is 0.247. The maximum Gasteiger partial charge on any atom is 0.410 e. The van der Waals surface area contributed by atoms with Crippen LogP contribution >= 0.6 is 23.1 Å². The van der Waals surface area contributed by atoms with E-state index in [1.807, 2.05) is 32.9 Å². The number of rotatable bonds is 8. The van der Waals surface area contributed by atoms with Crippen LogP contribution in [0.15, 0.2) is 35.5 Å². The number of carbonyl (C=O) groups excluding carboxylic acids is 2. The summed E-state index contributed by atoms with van der Waals surface area (Å²) in [5, 5.41) is 15.2. The van der Waals surface area contributed by atoms with Gasteiger partial charge in [-0.25, -0.2) is 18.6 Å². The molecule has 1 aromatic carbocycles. The molecule has 2 aliphatic rings. The van der Waals surface area contributed by atoms with E-state index in [1.165, 1.54) is 15.8 Å². The van der Waals surface area contributed by atoms with Crippen LogP contribution in [0.1, 0.15) is 69.7 Å². The number of hydrogen-bond donors (Lipinski definition) is 1. The fourth-order valence-electron chi connectivity index (χ4n) is 6.55. The topological polar surface area (TPSA) is 136 Å². The van der Waals surface area contributed by atoms with Gasteiger partial charge in [-0.15, -0.1) is 5.10 Å². The number of aliphatic hydroxyl groups is 1. The lowest BCUT2D eigenvalue weighted by Gasteiger charge is -2.38. The normalized spacial score (nSPS) is 18.0. The van der Waals surface area contributed by atoms with Crippen LogP contribution in [0.5, 0.6) is 0 Å². The van der Waals surface area contributed by atoms with Gasteiger partial charge in [-0.3, -0.25) is 18.8 Å². The second kappa shape index (κ2) is 13.6. The summed E-state index contributed by atoms with van der Waals surface area (Å²) in [5.74, 6) is -1.49. The Morgan fingerprint density at radius 3 is 2.58 bits per heavy atom. The summed E-state index contributed by atoms with van der Waals surface area (Å²) in [6.07, 6.45) is 0.0738. The summed E-state index contributed by atoms with van der Waals surface area (Å²) >= 11 is 7.89. The van der Waals surface area contributed by atoms with Crippen molar-refractivity contribution in [2.45, 2.75) is 89.1 Å². The molecule has 17 heteroatoms. The minimum atomic E-state index is -2.94. The van der Waals surface area contributed by atoms with Gasteiger partial charge < -0.3 is 19.6 Å². The molecular formula is C33H37ClF3N7O5S. The molecule has 0 bridgehead atoms. The van der Waals surface area contributed by atoms with Crippen LogP contribution in [0, 0.1) is 5.95 Å². The molecule has 0 spiro atoms. The number of nitrogens with zero attached hydrogens (tertiary/aromatic N) is 7. The highest BCUT2D eigenvalue weighted by atomic mass is 35.5. The van der Waals surface area contributed by atoms with Crippen molar-refractivity contribution < 1.29 is 32.6 Å². The molecule has 12 nitrogen and oxygen atoms in total. The van der Waals surface area contributed by atoms with E-state index in [0.717, 1.165) is 39.6 Å². The maximum atomic E-state index is 13.7. The summed E-state index contributed by atoms with van der Waals surface area (Å²) in [6, 6.07) is 2.91. The predicted octanol–water partition coefficient (Wildman–Crippen LogP) is 5.61. The van der Waals surface area contributed by atoms with E-state index < -0.39 is 53.6 Å². The number of piperidine rings is 1. The number of amides is 2. The second-order valence-corrected chi connectivity index (χ2v) is 15.1. The number of aromatic nitrogens is 5. The Labute approximate surface area is 294 Å². The Kier molecular flexibility index (Phi) is 9.74. The first-order valence-electron chi connectivity index (χ1n) is 16.2. The van der Waals surface area contributed by atoms with E-state index >= 15 is 0 Å². The third-order valence-corrected chi connectivity index (χ3v) is 10.4. The van der Waals surface area contributed by atoms with Crippen LogP contribution in [0.25, 0.3) is 21.5 Å². The molecule has 6 rings (SSSR count). The van der Waals surface area contributed by atoms with E-state index in [-0.39, 0.29) is 44.0 Å². The Hall–Kier alpha value is -4.02. The molecule has 1 aliphatic heterocycles. The number of halogens is 4. The van der Waals surface area contributed by atoms with E-state index in [1.54, 1.807) is 11.9 Å². The summed E-state index contributed by atoms with van der Waals surface area (Å²) < 4.78 is 52.6. The van der Waals surface area contributed by atoms with Crippen molar-refractivity contribution in [1.82, 2.24) is 33.5 Å². The molecule has 2 atom stereocenters. The molecule has 50 heavy (non-hydrogen) atoms. The van der Waals surface area contributed by atoms with Crippen molar-refractivity contribution in [1.29, 1.82) is 0 Å². The highest BCUT2D eigenvalue weighted by Crippen LogP contribution is 2.43. The Bertz CT molecular complexity index is 1990.